The predicted octanol–water partition coefficient (Wildman–Crippen LogP) is 4.19. The summed E-state index contributed by atoms with van der Waals surface area (Å²) in [6.45, 7) is -2.12. The van der Waals surface area contributed by atoms with Gasteiger partial charge in [-0.25, -0.2) is 13.6 Å². The molecule has 0 aliphatic heterocycles. The summed E-state index contributed by atoms with van der Waals surface area (Å²) in [5, 5.41) is -0.602. The van der Waals surface area contributed by atoms with Crippen molar-refractivity contribution in [1.82, 2.24) is 4.57 Å². The van der Waals surface area contributed by atoms with Crippen molar-refractivity contribution in [2.24, 2.45) is 0 Å². The Bertz CT molecular complexity index is 1140. The molecule has 0 saturated carbocycles. The second kappa shape index (κ2) is 7.90. The van der Waals surface area contributed by atoms with E-state index in [1.807, 2.05) is 0 Å². The maximum atomic E-state index is 14.3. The van der Waals surface area contributed by atoms with Crippen LogP contribution in [0.25, 0.3) is 16.6 Å². The first kappa shape index (κ1) is 20.3. The Balaban J connectivity index is 2.48. The normalized spacial score (nSPS) is 11.1. The minimum absolute atomic E-state index is 0.0621. The van der Waals surface area contributed by atoms with Gasteiger partial charge in [-0.3, -0.25) is 4.79 Å². The number of halogens is 5. The maximum Gasteiger partial charge on any atom is 0.387 e. The minimum atomic E-state index is -3.53. The number of pyridine rings is 1. The fourth-order valence-electron chi connectivity index (χ4n) is 2.76. The molecule has 0 aliphatic rings. The number of esters is 1. The van der Waals surface area contributed by atoms with Crippen molar-refractivity contribution >= 4 is 16.9 Å². The first-order valence-corrected chi connectivity index (χ1v) is 8.19. The smallest absolute Gasteiger partial charge is 0.387 e. The zero-order valence-corrected chi connectivity index (χ0v) is 14.7. The van der Waals surface area contributed by atoms with Gasteiger partial charge in [0.25, 0.3) is 0 Å². The Kier molecular flexibility index (Phi) is 5.53. The third-order valence-corrected chi connectivity index (χ3v) is 3.95. The van der Waals surface area contributed by atoms with Crippen molar-refractivity contribution in [2.75, 3.05) is 6.61 Å². The molecule has 0 amide bonds. The van der Waals surface area contributed by atoms with Crippen molar-refractivity contribution in [3.8, 4) is 11.4 Å². The molecule has 3 rings (SSSR count). The van der Waals surface area contributed by atoms with Crippen LogP contribution in [0.5, 0.6) is 5.75 Å². The summed E-state index contributed by atoms with van der Waals surface area (Å²) in [7, 11) is 0. The number of hydrogen-bond acceptors (Lipinski definition) is 4. The lowest BCUT2D eigenvalue weighted by Crippen LogP contribution is -2.22. The standard InChI is InChI=1S/C19H12F5NO4/c1-2-28-18(27)12-8-25(10-5-3-9(20)4-6-10)15-11(16(12)26)7-13(21)14(22)17(15)29-19(23)24/h3-8,19H,2H2,1H3. The maximum absolute atomic E-state index is 14.3. The number of benzene rings is 2. The number of ether oxygens (including phenoxy) is 2. The van der Waals surface area contributed by atoms with Crippen LogP contribution in [0.4, 0.5) is 22.0 Å². The van der Waals surface area contributed by atoms with Crippen LogP contribution in [-0.2, 0) is 4.74 Å². The monoisotopic (exact) mass is 413 g/mol. The number of alkyl halides is 2. The van der Waals surface area contributed by atoms with Crippen molar-refractivity contribution in [2.45, 2.75) is 13.5 Å². The van der Waals surface area contributed by atoms with Gasteiger partial charge < -0.3 is 14.0 Å². The van der Waals surface area contributed by atoms with Crippen LogP contribution in [0.1, 0.15) is 17.3 Å². The number of aromatic nitrogens is 1. The lowest BCUT2D eigenvalue weighted by atomic mass is 10.1. The molecule has 10 heteroatoms. The first-order chi connectivity index (χ1) is 13.7. The summed E-state index contributed by atoms with van der Waals surface area (Å²) in [6, 6.07) is 4.85. The molecule has 0 saturated heterocycles. The second-order valence-corrected chi connectivity index (χ2v) is 5.71. The van der Waals surface area contributed by atoms with Crippen LogP contribution in [0.15, 0.2) is 41.3 Å². The molecule has 5 nitrogen and oxygen atoms in total. The van der Waals surface area contributed by atoms with Crippen molar-refractivity contribution in [3.05, 3.63) is 69.8 Å². The van der Waals surface area contributed by atoms with E-state index in [4.69, 9.17) is 4.74 Å². The Hall–Kier alpha value is -3.43. The molecular formula is C19H12F5NO4. The van der Waals surface area contributed by atoms with Crippen molar-refractivity contribution in [3.63, 3.8) is 0 Å². The molecule has 0 unspecified atom stereocenters. The van der Waals surface area contributed by atoms with Gasteiger partial charge in [0, 0.05) is 11.9 Å². The Labute approximate surface area is 159 Å². The molecule has 3 aromatic rings. The zero-order valence-electron chi connectivity index (χ0n) is 14.7. The predicted molar refractivity (Wildman–Crippen MR) is 92.0 cm³/mol. The largest absolute Gasteiger partial charge is 0.462 e. The number of fused-ring (bicyclic) bond motifs is 1. The summed E-state index contributed by atoms with van der Waals surface area (Å²) in [6.07, 6.45) is 0.908. The first-order valence-electron chi connectivity index (χ1n) is 8.19. The summed E-state index contributed by atoms with van der Waals surface area (Å²) < 4.78 is 77.1. The summed E-state index contributed by atoms with van der Waals surface area (Å²) in [5.74, 6) is -6.30. The van der Waals surface area contributed by atoms with Crippen LogP contribution in [0.3, 0.4) is 0 Å². The van der Waals surface area contributed by atoms with Gasteiger partial charge in [0.05, 0.1) is 12.0 Å². The summed E-state index contributed by atoms with van der Waals surface area (Å²) in [4.78, 5) is 24.8. The van der Waals surface area contributed by atoms with E-state index in [9.17, 15) is 31.5 Å². The third-order valence-electron chi connectivity index (χ3n) is 3.95. The van der Waals surface area contributed by atoms with Crippen molar-refractivity contribution < 1.29 is 36.2 Å². The fourth-order valence-corrected chi connectivity index (χ4v) is 2.76. The van der Waals surface area contributed by atoms with E-state index in [0.717, 1.165) is 22.9 Å². The van der Waals surface area contributed by atoms with E-state index < -0.39 is 57.7 Å². The van der Waals surface area contributed by atoms with E-state index in [1.165, 1.54) is 19.1 Å². The molecule has 0 atom stereocenters. The second-order valence-electron chi connectivity index (χ2n) is 5.71. The number of nitrogens with zero attached hydrogens (tertiary/aromatic N) is 1. The van der Waals surface area contributed by atoms with Crippen LogP contribution in [0, 0.1) is 17.5 Å². The van der Waals surface area contributed by atoms with Gasteiger partial charge in [-0.2, -0.15) is 13.2 Å². The summed E-state index contributed by atoms with van der Waals surface area (Å²) >= 11 is 0. The van der Waals surface area contributed by atoms with Gasteiger partial charge in [0.15, 0.2) is 11.6 Å². The summed E-state index contributed by atoms with van der Waals surface area (Å²) in [5.41, 5.74) is -2.13. The average Bonchev–Trinajstić information content (AvgIpc) is 2.67. The molecule has 152 valence electrons. The topological polar surface area (TPSA) is 57.5 Å². The molecule has 2 aromatic carbocycles. The minimum Gasteiger partial charge on any atom is -0.462 e. The Morgan fingerprint density at radius 1 is 1.14 bits per heavy atom. The molecular weight excluding hydrogens is 401 g/mol. The van der Waals surface area contributed by atoms with E-state index in [1.54, 1.807) is 0 Å². The van der Waals surface area contributed by atoms with Gasteiger partial charge in [-0.05, 0) is 37.3 Å². The fraction of sp³-hybridized carbons (Fsp3) is 0.158. The molecule has 1 aromatic heterocycles. The van der Waals surface area contributed by atoms with Gasteiger partial charge in [-0.15, -0.1) is 0 Å². The molecule has 29 heavy (non-hydrogen) atoms. The molecule has 0 N–H and O–H groups in total. The van der Waals surface area contributed by atoms with Crippen LogP contribution < -0.4 is 10.2 Å². The highest BCUT2D eigenvalue weighted by molar-refractivity contribution is 5.96. The Morgan fingerprint density at radius 2 is 1.79 bits per heavy atom. The van der Waals surface area contributed by atoms with Crippen molar-refractivity contribution in [1.29, 1.82) is 0 Å². The zero-order chi connectivity index (χ0) is 21.3. The molecule has 0 spiro atoms. The molecule has 0 fully saturated rings. The lowest BCUT2D eigenvalue weighted by Gasteiger charge is -2.17. The van der Waals surface area contributed by atoms with Gasteiger partial charge in [-0.1, -0.05) is 0 Å². The number of hydrogen-bond donors (Lipinski definition) is 0. The number of carbonyl (C=O) groups is 1. The molecule has 0 aliphatic carbocycles. The Morgan fingerprint density at radius 3 is 2.38 bits per heavy atom. The van der Waals surface area contributed by atoms with Crippen LogP contribution >= 0.6 is 0 Å². The highest BCUT2D eigenvalue weighted by atomic mass is 19.3. The van der Waals surface area contributed by atoms with Gasteiger partial charge >= 0.3 is 12.6 Å². The average molecular weight is 413 g/mol. The quantitative estimate of drug-likeness (QED) is 0.465. The highest BCUT2D eigenvalue weighted by Crippen LogP contribution is 2.33. The third kappa shape index (κ3) is 3.78. The molecule has 1 heterocycles. The molecule has 0 bridgehead atoms. The SMILES string of the molecule is CCOC(=O)c1cn(-c2ccc(F)cc2)c2c(OC(F)F)c(F)c(F)cc2c1=O. The van der Waals surface area contributed by atoms with Crippen LogP contribution in [0.2, 0.25) is 0 Å². The van der Waals surface area contributed by atoms with E-state index in [2.05, 4.69) is 4.74 Å². The van der Waals surface area contributed by atoms with E-state index in [-0.39, 0.29) is 12.3 Å². The lowest BCUT2D eigenvalue weighted by molar-refractivity contribution is -0.0515. The van der Waals surface area contributed by atoms with Gasteiger partial charge in [0.2, 0.25) is 11.2 Å². The number of rotatable bonds is 5. The van der Waals surface area contributed by atoms with E-state index >= 15 is 0 Å². The van der Waals surface area contributed by atoms with Gasteiger partial charge in [0.1, 0.15) is 16.9 Å². The number of carbonyl (C=O) groups excluding carboxylic acids is 1. The highest BCUT2D eigenvalue weighted by Gasteiger charge is 2.26. The molecule has 0 radical (unpaired) electrons. The van der Waals surface area contributed by atoms with Crippen LogP contribution in [-0.4, -0.2) is 23.8 Å². The van der Waals surface area contributed by atoms with E-state index in [0.29, 0.717) is 6.07 Å².